The Morgan fingerprint density at radius 3 is 2.52 bits per heavy atom. The van der Waals surface area contributed by atoms with Crippen molar-refractivity contribution in [3.63, 3.8) is 0 Å². The number of nitrogens with one attached hydrogen (secondary N) is 1. The minimum absolute atomic E-state index is 0.114. The summed E-state index contributed by atoms with van der Waals surface area (Å²) in [5, 5.41) is 0. The molecule has 0 radical (unpaired) electrons. The number of fused-ring (bicyclic) bond motifs is 1. The maximum absolute atomic E-state index is 12.5. The first-order chi connectivity index (χ1) is 10.1. The predicted octanol–water partition coefficient (Wildman–Crippen LogP) is 3.21. The Balaban J connectivity index is 1.83. The van der Waals surface area contributed by atoms with Gasteiger partial charge in [-0.2, -0.15) is 0 Å². The fourth-order valence-electron chi connectivity index (χ4n) is 2.84. The molecule has 0 saturated heterocycles. The first kappa shape index (κ1) is 14.3. The fourth-order valence-corrected chi connectivity index (χ4v) is 4.09. The molecule has 0 spiro atoms. The zero-order valence-electron chi connectivity index (χ0n) is 12.0. The molecule has 1 atom stereocenters. The minimum atomic E-state index is -3.46. The molecule has 0 saturated carbocycles. The zero-order valence-corrected chi connectivity index (χ0v) is 12.9. The Labute approximate surface area is 126 Å². The number of benzene rings is 2. The van der Waals surface area contributed by atoms with Gasteiger partial charge >= 0.3 is 0 Å². The Kier molecular flexibility index (Phi) is 3.83. The van der Waals surface area contributed by atoms with Gasteiger partial charge in [0.05, 0.1) is 4.90 Å². The number of hydrogen-bond acceptors (Lipinski definition) is 2. The van der Waals surface area contributed by atoms with Crippen molar-refractivity contribution in [2.75, 3.05) is 0 Å². The molecule has 2 aromatic rings. The monoisotopic (exact) mass is 301 g/mol. The van der Waals surface area contributed by atoms with E-state index >= 15 is 0 Å². The summed E-state index contributed by atoms with van der Waals surface area (Å²) in [6, 6.07) is 15.0. The van der Waals surface area contributed by atoms with Gasteiger partial charge in [0.1, 0.15) is 0 Å². The van der Waals surface area contributed by atoms with E-state index < -0.39 is 10.0 Å². The van der Waals surface area contributed by atoms with Gasteiger partial charge in [-0.1, -0.05) is 43.3 Å². The zero-order chi connectivity index (χ0) is 14.9. The molecule has 3 nitrogen and oxygen atoms in total. The molecule has 1 aliphatic rings. The number of rotatable bonds is 4. The number of aryl methyl sites for hydroxylation is 2. The Morgan fingerprint density at radius 1 is 1.10 bits per heavy atom. The Hall–Kier alpha value is -1.65. The average Bonchev–Trinajstić information content (AvgIpc) is 2.90. The topological polar surface area (TPSA) is 46.2 Å². The molecule has 0 aromatic heterocycles. The van der Waals surface area contributed by atoms with Crippen LogP contribution >= 0.6 is 0 Å². The van der Waals surface area contributed by atoms with E-state index in [-0.39, 0.29) is 6.04 Å². The van der Waals surface area contributed by atoms with E-state index in [1.807, 2.05) is 30.3 Å². The summed E-state index contributed by atoms with van der Waals surface area (Å²) in [5.74, 6) is 0. The molecule has 0 heterocycles. The van der Waals surface area contributed by atoms with Gasteiger partial charge < -0.3 is 0 Å². The van der Waals surface area contributed by atoms with E-state index in [4.69, 9.17) is 0 Å². The van der Waals surface area contributed by atoms with Crippen molar-refractivity contribution in [1.29, 1.82) is 0 Å². The Morgan fingerprint density at radius 2 is 1.81 bits per heavy atom. The number of hydrogen-bond donors (Lipinski definition) is 1. The molecule has 1 aliphatic carbocycles. The fraction of sp³-hybridized carbons (Fsp3) is 0.294. The lowest BCUT2D eigenvalue weighted by Gasteiger charge is -2.14. The van der Waals surface area contributed by atoms with Crippen molar-refractivity contribution in [2.45, 2.75) is 37.1 Å². The third kappa shape index (κ3) is 2.87. The normalized spacial score (nSPS) is 17.7. The molecule has 0 fully saturated rings. The minimum Gasteiger partial charge on any atom is -0.207 e. The van der Waals surface area contributed by atoms with E-state index in [2.05, 4.69) is 17.7 Å². The lowest BCUT2D eigenvalue weighted by molar-refractivity contribution is 0.554. The summed E-state index contributed by atoms with van der Waals surface area (Å²) >= 11 is 0. The van der Waals surface area contributed by atoms with Crippen LogP contribution in [0.2, 0.25) is 0 Å². The second-order valence-electron chi connectivity index (χ2n) is 5.41. The van der Waals surface area contributed by atoms with Crippen molar-refractivity contribution in [2.24, 2.45) is 0 Å². The third-order valence-electron chi connectivity index (χ3n) is 4.07. The van der Waals surface area contributed by atoms with Gasteiger partial charge in [-0.05, 0) is 48.1 Å². The molecule has 0 aliphatic heterocycles. The van der Waals surface area contributed by atoms with Gasteiger partial charge in [0.25, 0.3) is 0 Å². The molecule has 21 heavy (non-hydrogen) atoms. The molecule has 4 heteroatoms. The predicted molar refractivity (Wildman–Crippen MR) is 83.6 cm³/mol. The van der Waals surface area contributed by atoms with Gasteiger partial charge in [-0.3, -0.25) is 0 Å². The highest BCUT2D eigenvalue weighted by Crippen LogP contribution is 2.32. The van der Waals surface area contributed by atoms with Gasteiger partial charge in [-0.15, -0.1) is 0 Å². The van der Waals surface area contributed by atoms with Crippen molar-refractivity contribution in [1.82, 2.24) is 4.72 Å². The molecule has 110 valence electrons. The van der Waals surface area contributed by atoms with Crippen LogP contribution in [0, 0.1) is 0 Å². The van der Waals surface area contributed by atoms with Gasteiger partial charge in [0.15, 0.2) is 0 Å². The first-order valence-corrected chi connectivity index (χ1v) is 8.77. The maximum Gasteiger partial charge on any atom is 0.241 e. The van der Waals surface area contributed by atoms with Crippen molar-refractivity contribution in [3.8, 4) is 0 Å². The van der Waals surface area contributed by atoms with Gasteiger partial charge in [-0.25, -0.2) is 13.1 Å². The highest BCUT2D eigenvalue weighted by molar-refractivity contribution is 7.89. The molecular formula is C17H19NO2S. The molecule has 1 N–H and O–H groups in total. The SMILES string of the molecule is CCc1ccc(S(=O)(=O)NC2CCc3ccccc32)cc1. The summed E-state index contributed by atoms with van der Waals surface area (Å²) in [7, 11) is -3.46. The van der Waals surface area contributed by atoms with Crippen LogP contribution in [0.5, 0.6) is 0 Å². The van der Waals surface area contributed by atoms with E-state index in [1.165, 1.54) is 5.56 Å². The van der Waals surface area contributed by atoms with Crippen molar-refractivity contribution in [3.05, 3.63) is 65.2 Å². The summed E-state index contributed by atoms with van der Waals surface area (Å²) < 4.78 is 27.8. The second kappa shape index (κ2) is 5.62. The highest BCUT2D eigenvalue weighted by atomic mass is 32.2. The summed E-state index contributed by atoms with van der Waals surface area (Å²) in [5.41, 5.74) is 3.48. The van der Waals surface area contributed by atoms with Crippen LogP contribution in [0.25, 0.3) is 0 Å². The second-order valence-corrected chi connectivity index (χ2v) is 7.12. The third-order valence-corrected chi connectivity index (χ3v) is 5.56. The Bertz CT molecular complexity index is 736. The van der Waals surface area contributed by atoms with E-state index in [0.29, 0.717) is 4.90 Å². The smallest absolute Gasteiger partial charge is 0.207 e. The molecule has 2 aromatic carbocycles. The standard InChI is InChI=1S/C17H19NO2S/c1-2-13-7-10-15(11-8-13)21(19,20)18-17-12-9-14-5-3-4-6-16(14)17/h3-8,10-11,17-18H,2,9,12H2,1H3. The lowest BCUT2D eigenvalue weighted by Crippen LogP contribution is -2.27. The molecule has 3 rings (SSSR count). The molecule has 0 amide bonds. The first-order valence-electron chi connectivity index (χ1n) is 7.29. The van der Waals surface area contributed by atoms with E-state index in [1.54, 1.807) is 12.1 Å². The van der Waals surface area contributed by atoms with Crippen LogP contribution in [0.3, 0.4) is 0 Å². The van der Waals surface area contributed by atoms with Crippen molar-refractivity contribution < 1.29 is 8.42 Å². The van der Waals surface area contributed by atoms with Crippen LogP contribution in [-0.2, 0) is 22.9 Å². The van der Waals surface area contributed by atoms with Crippen LogP contribution in [-0.4, -0.2) is 8.42 Å². The van der Waals surface area contributed by atoms with Crippen LogP contribution in [0.4, 0.5) is 0 Å². The summed E-state index contributed by atoms with van der Waals surface area (Å²) in [4.78, 5) is 0.337. The number of sulfonamides is 1. The molecule has 1 unspecified atom stereocenters. The van der Waals surface area contributed by atoms with Gasteiger partial charge in [0.2, 0.25) is 10.0 Å². The molecule has 0 bridgehead atoms. The lowest BCUT2D eigenvalue weighted by atomic mass is 10.1. The summed E-state index contributed by atoms with van der Waals surface area (Å²) in [6.45, 7) is 2.05. The maximum atomic E-state index is 12.5. The summed E-state index contributed by atoms with van der Waals surface area (Å²) in [6.07, 6.45) is 2.66. The largest absolute Gasteiger partial charge is 0.241 e. The average molecular weight is 301 g/mol. The van der Waals surface area contributed by atoms with Crippen molar-refractivity contribution >= 4 is 10.0 Å². The van der Waals surface area contributed by atoms with E-state index in [9.17, 15) is 8.42 Å². The van der Waals surface area contributed by atoms with Crippen LogP contribution in [0.15, 0.2) is 53.4 Å². The highest BCUT2D eigenvalue weighted by Gasteiger charge is 2.26. The van der Waals surface area contributed by atoms with E-state index in [0.717, 1.165) is 30.4 Å². The van der Waals surface area contributed by atoms with Gasteiger partial charge in [0, 0.05) is 6.04 Å². The van der Waals surface area contributed by atoms with Crippen LogP contribution in [0.1, 0.15) is 36.1 Å². The van der Waals surface area contributed by atoms with Crippen LogP contribution < -0.4 is 4.72 Å². The molecular weight excluding hydrogens is 282 g/mol. The quantitative estimate of drug-likeness (QED) is 0.942.